The molecule has 0 saturated carbocycles. The van der Waals surface area contributed by atoms with Crippen molar-refractivity contribution in [2.24, 2.45) is 0 Å². The molecule has 2 rings (SSSR count). The topological polar surface area (TPSA) is 41.1 Å². The highest BCUT2D eigenvalue weighted by atomic mass is 16.2. The number of benzene rings is 1. The van der Waals surface area contributed by atoms with Crippen LogP contribution in [-0.4, -0.2) is 18.5 Å². The fourth-order valence-electron chi connectivity index (χ4n) is 2.30. The Balaban J connectivity index is 2.01. The minimum atomic E-state index is -0.186. The van der Waals surface area contributed by atoms with Crippen LogP contribution in [-0.2, 0) is 17.6 Å². The summed E-state index contributed by atoms with van der Waals surface area (Å²) in [6, 6.07) is 6.24. The zero-order valence-corrected chi connectivity index (χ0v) is 10.5. The number of hydrogen-bond donors (Lipinski definition) is 2. The van der Waals surface area contributed by atoms with Crippen LogP contribution in [0.15, 0.2) is 18.2 Å². The SMILES string of the molecule is CCNC(=O)C(C)Nc1ccc2c(c1)CCC2. The van der Waals surface area contributed by atoms with Crippen molar-refractivity contribution in [2.75, 3.05) is 11.9 Å². The number of carbonyl (C=O) groups excluding carboxylic acids is 1. The Morgan fingerprint density at radius 1 is 1.35 bits per heavy atom. The molecule has 0 aliphatic heterocycles. The van der Waals surface area contributed by atoms with Crippen molar-refractivity contribution in [3.63, 3.8) is 0 Å². The maximum Gasteiger partial charge on any atom is 0.242 e. The Bertz CT molecular complexity index is 415. The van der Waals surface area contributed by atoms with Gasteiger partial charge in [-0.1, -0.05) is 6.07 Å². The van der Waals surface area contributed by atoms with Crippen LogP contribution in [0.4, 0.5) is 5.69 Å². The van der Waals surface area contributed by atoms with Crippen LogP contribution in [0.5, 0.6) is 0 Å². The number of hydrogen-bond acceptors (Lipinski definition) is 2. The molecule has 1 atom stereocenters. The summed E-state index contributed by atoms with van der Waals surface area (Å²) in [5, 5.41) is 6.06. The summed E-state index contributed by atoms with van der Waals surface area (Å²) in [5.41, 5.74) is 3.93. The summed E-state index contributed by atoms with van der Waals surface area (Å²) in [5.74, 6) is 0.0491. The zero-order chi connectivity index (χ0) is 12.3. The van der Waals surface area contributed by atoms with Crippen LogP contribution in [0, 0.1) is 0 Å². The molecule has 1 amide bonds. The third kappa shape index (κ3) is 2.78. The number of fused-ring (bicyclic) bond motifs is 1. The fraction of sp³-hybridized carbons (Fsp3) is 0.500. The highest BCUT2D eigenvalue weighted by molar-refractivity contribution is 5.84. The van der Waals surface area contributed by atoms with Crippen LogP contribution in [0.1, 0.15) is 31.4 Å². The van der Waals surface area contributed by atoms with Gasteiger partial charge in [0.2, 0.25) is 5.91 Å². The Morgan fingerprint density at radius 3 is 2.88 bits per heavy atom. The van der Waals surface area contributed by atoms with Gasteiger partial charge in [0.25, 0.3) is 0 Å². The van der Waals surface area contributed by atoms with Crippen molar-refractivity contribution in [1.82, 2.24) is 5.32 Å². The minimum Gasteiger partial charge on any atom is -0.374 e. The van der Waals surface area contributed by atoms with E-state index >= 15 is 0 Å². The number of anilines is 1. The number of aryl methyl sites for hydroxylation is 2. The van der Waals surface area contributed by atoms with Crippen molar-refractivity contribution < 1.29 is 4.79 Å². The van der Waals surface area contributed by atoms with Crippen molar-refractivity contribution in [3.05, 3.63) is 29.3 Å². The first-order valence-corrected chi connectivity index (χ1v) is 6.36. The lowest BCUT2D eigenvalue weighted by Gasteiger charge is -2.15. The van der Waals surface area contributed by atoms with Crippen LogP contribution >= 0.6 is 0 Å². The first kappa shape index (κ1) is 12.0. The van der Waals surface area contributed by atoms with Gasteiger partial charge in [-0.2, -0.15) is 0 Å². The van der Waals surface area contributed by atoms with E-state index in [1.54, 1.807) is 0 Å². The van der Waals surface area contributed by atoms with Gasteiger partial charge >= 0.3 is 0 Å². The lowest BCUT2D eigenvalue weighted by atomic mass is 10.1. The normalized spacial score (nSPS) is 15.2. The van der Waals surface area contributed by atoms with Gasteiger partial charge in [-0.05, 0) is 56.4 Å². The molecule has 92 valence electrons. The van der Waals surface area contributed by atoms with E-state index < -0.39 is 0 Å². The predicted molar refractivity (Wildman–Crippen MR) is 70.2 cm³/mol. The van der Waals surface area contributed by atoms with Crippen molar-refractivity contribution >= 4 is 11.6 Å². The van der Waals surface area contributed by atoms with E-state index in [0.717, 1.165) is 5.69 Å². The molecule has 0 bridgehead atoms. The molecule has 2 N–H and O–H groups in total. The second kappa shape index (κ2) is 5.21. The van der Waals surface area contributed by atoms with E-state index in [1.807, 2.05) is 13.8 Å². The maximum absolute atomic E-state index is 11.6. The summed E-state index contributed by atoms with van der Waals surface area (Å²) in [6.45, 7) is 4.49. The van der Waals surface area contributed by atoms with Gasteiger partial charge in [0.15, 0.2) is 0 Å². The standard InChI is InChI=1S/C14H20N2O/c1-3-15-14(17)10(2)16-13-8-7-11-5-4-6-12(11)9-13/h7-10,16H,3-6H2,1-2H3,(H,15,17). The van der Waals surface area contributed by atoms with E-state index in [0.29, 0.717) is 6.54 Å². The molecule has 0 fully saturated rings. The number of amides is 1. The molecular formula is C14H20N2O. The second-order valence-electron chi connectivity index (χ2n) is 4.60. The third-order valence-corrected chi connectivity index (χ3v) is 3.23. The molecule has 1 aliphatic rings. The third-order valence-electron chi connectivity index (χ3n) is 3.23. The van der Waals surface area contributed by atoms with Gasteiger partial charge in [-0.25, -0.2) is 0 Å². The van der Waals surface area contributed by atoms with Crippen molar-refractivity contribution in [3.8, 4) is 0 Å². The van der Waals surface area contributed by atoms with Crippen LogP contribution in [0.2, 0.25) is 0 Å². The van der Waals surface area contributed by atoms with Crippen molar-refractivity contribution in [1.29, 1.82) is 0 Å². The molecule has 1 aliphatic carbocycles. The lowest BCUT2D eigenvalue weighted by molar-refractivity contribution is -0.121. The minimum absolute atomic E-state index is 0.0491. The first-order valence-electron chi connectivity index (χ1n) is 6.36. The first-order chi connectivity index (χ1) is 8.20. The van der Waals surface area contributed by atoms with Gasteiger partial charge in [0.05, 0.1) is 0 Å². The predicted octanol–water partition coefficient (Wildman–Crippen LogP) is 2.11. The van der Waals surface area contributed by atoms with E-state index in [-0.39, 0.29) is 11.9 Å². The summed E-state index contributed by atoms with van der Waals surface area (Å²) >= 11 is 0. The van der Waals surface area contributed by atoms with E-state index in [2.05, 4.69) is 28.8 Å². The monoisotopic (exact) mass is 232 g/mol. The second-order valence-corrected chi connectivity index (χ2v) is 4.60. The molecule has 3 heteroatoms. The number of carbonyl (C=O) groups is 1. The van der Waals surface area contributed by atoms with Crippen LogP contribution in [0.3, 0.4) is 0 Å². The number of nitrogens with one attached hydrogen (secondary N) is 2. The van der Waals surface area contributed by atoms with Crippen LogP contribution < -0.4 is 10.6 Å². The molecule has 3 nitrogen and oxygen atoms in total. The van der Waals surface area contributed by atoms with Gasteiger partial charge in [-0.3, -0.25) is 4.79 Å². The molecule has 1 unspecified atom stereocenters. The smallest absolute Gasteiger partial charge is 0.242 e. The Labute approximate surface area is 103 Å². The summed E-state index contributed by atoms with van der Waals surface area (Å²) in [4.78, 5) is 11.6. The number of rotatable bonds is 4. The lowest BCUT2D eigenvalue weighted by Crippen LogP contribution is -2.37. The van der Waals surface area contributed by atoms with E-state index in [4.69, 9.17) is 0 Å². The Hall–Kier alpha value is -1.51. The average molecular weight is 232 g/mol. The molecule has 17 heavy (non-hydrogen) atoms. The highest BCUT2D eigenvalue weighted by Gasteiger charge is 2.14. The highest BCUT2D eigenvalue weighted by Crippen LogP contribution is 2.25. The summed E-state index contributed by atoms with van der Waals surface area (Å²) in [6.07, 6.45) is 3.62. The largest absolute Gasteiger partial charge is 0.374 e. The summed E-state index contributed by atoms with van der Waals surface area (Å²) in [7, 11) is 0. The van der Waals surface area contributed by atoms with Gasteiger partial charge in [0.1, 0.15) is 6.04 Å². The Morgan fingerprint density at radius 2 is 2.12 bits per heavy atom. The summed E-state index contributed by atoms with van der Waals surface area (Å²) < 4.78 is 0. The molecule has 0 spiro atoms. The fourth-order valence-corrected chi connectivity index (χ4v) is 2.30. The maximum atomic E-state index is 11.6. The van der Waals surface area contributed by atoms with Crippen LogP contribution in [0.25, 0.3) is 0 Å². The van der Waals surface area contributed by atoms with E-state index in [9.17, 15) is 4.79 Å². The van der Waals surface area contributed by atoms with Gasteiger partial charge in [-0.15, -0.1) is 0 Å². The molecule has 0 heterocycles. The number of likely N-dealkylation sites (N-methyl/N-ethyl adjacent to an activating group) is 1. The van der Waals surface area contributed by atoms with Crippen molar-refractivity contribution in [2.45, 2.75) is 39.2 Å². The van der Waals surface area contributed by atoms with E-state index in [1.165, 1.54) is 30.4 Å². The quantitative estimate of drug-likeness (QED) is 0.835. The Kier molecular flexibility index (Phi) is 3.67. The molecule has 0 aromatic heterocycles. The molecule has 0 radical (unpaired) electrons. The molecule has 1 aromatic carbocycles. The molecule has 1 aromatic rings. The molecule has 0 saturated heterocycles. The molecular weight excluding hydrogens is 212 g/mol. The van der Waals surface area contributed by atoms with Gasteiger partial charge < -0.3 is 10.6 Å². The van der Waals surface area contributed by atoms with Gasteiger partial charge in [0, 0.05) is 12.2 Å². The zero-order valence-electron chi connectivity index (χ0n) is 10.5. The average Bonchev–Trinajstić information content (AvgIpc) is 2.76.